The molecule has 0 spiro atoms. The maximum atomic E-state index is 12.3. The van der Waals surface area contributed by atoms with Crippen LogP contribution >= 0.6 is 11.6 Å². The number of hydrogen-bond acceptors (Lipinski definition) is 3. The van der Waals surface area contributed by atoms with Gasteiger partial charge >= 0.3 is 6.36 Å². The maximum absolute atomic E-state index is 12.3. The Kier molecular flexibility index (Phi) is 6.96. The van der Waals surface area contributed by atoms with Gasteiger partial charge in [-0.15, -0.1) is 24.8 Å². The van der Waals surface area contributed by atoms with Gasteiger partial charge in [0.1, 0.15) is 11.1 Å². The van der Waals surface area contributed by atoms with Crippen molar-refractivity contribution < 1.29 is 27.8 Å². The lowest BCUT2D eigenvalue weighted by Gasteiger charge is -2.18. The summed E-state index contributed by atoms with van der Waals surface area (Å²) < 4.78 is 41.0. The highest BCUT2D eigenvalue weighted by atomic mass is 35.5. The molecule has 1 amide bonds. The fourth-order valence-corrected chi connectivity index (χ4v) is 1.87. The van der Waals surface area contributed by atoms with E-state index in [1.165, 1.54) is 25.1 Å². The molecule has 0 saturated heterocycles. The predicted molar refractivity (Wildman–Crippen MR) is 75.7 cm³/mol. The number of rotatable bonds is 7. The van der Waals surface area contributed by atoms with Crippen LogP contribution in [0.2, 0.25) is 0 Å². The SMILES string of the molecule is CC(Cl)C(=O)NCC(CO)Cc1ccccc1OC(F)(F)F. The van der Waals surface area contributed by atoms with E-state index in [4.69, 9.17) is 11.6 Å². The fourth-order valence-electron chi connectivity index (χ4n) is 1.79. The first kappa shape index (κ1) is 18.6. The van der Waals surface area contributed by atoms with Crippen molar-refractivity contribution in [2.24, 2.45) is 5.92 Å². The topological polar surface area (TPSA) is 58.6 Å². The maximum Gasteiger partial charge on any atom is 0.573 e. The molecule has 0 aromatic heterocycles. The zero-order chi connectivity index (χ0) is 16.8. The molecule has 0 bridgehead atoms. The summed E-state index contributed by atoms with van der Waals surface area (Å²) in [5.74, 6) is -1.16. The number of halogens is 4. The number of alkyl halides is 4. The van der Waals surface area contributed by atoms with Gasteiger partial charge in [-0.05, 0) is 25.0 Å². The minimum atomic E-state index is -4.78. The van der Waals surface area contributed by atoms with Crippen molar-refractivity contribution in [1.29, 1.82) is 0 Å². The van der Waals surface area contributed by atoms with Crippen LogP contribution in [0.4, 0.5) is 13.2 Å². The highest BCUT2D eigenvalue weighted by Crippen LogP contribution is 2.27. The van der Waals surface area contributed by atoms with Crippen LogP contribution in [-0.4, -0.2) is 35.9 Å². The van der Waals surface area contributed by atoms with Gasteiger partial charge in [0.15, 0.2) is 0 Å². The number of nitrogens with one attached hydrogen (secondary N) is 1. The van der Waals surface area contributed by atoms with Crippen LogP contribution in [0.25, 0.3) is 0 Å². The van der Waals surface area contributed by atoms with Crippen molar-refractivity contribution >= 4 is 17.5 Å². The highest BCUT2D eigenvalue weighted by molar-refractivity contribution is 6.30. The Morgan fingerprint density at radius 2 is 2.05 bits per heavy atom. The molecule has 0 saturated carbocycles. The average Bonchev–Trinajstić information content (AvgIpc) is 2.43. The Bertz CT molecular complexity index is 494. The second-order valence-corrected chi connectivity index (χ2v) is 5.42. The Morgan fingerprint density at radius 1 is 1.41 bits per heavy atom. The molecule has 124 valence electrons. The molecule has 0 heterocycles. The lowest BCUT2D eigenvalue weighted by Crippen LogP contribution is -2.35. The van der Waals surface area contributed by atoms with Crippen LogP contribution in [0, 0.1) is 5.92 Å². The van der Waals surface area contributed by atoms with Gasteiger partial charge in [-0.2, -0.15) is 0 Å². The summed E-state index contributed by atoms with van der Waals surface area (Å²) in [6.07, 6.45) is -4.66. The van der Waals surface area contributed by atoms with E-state index in [0.29, 0.717) is 5.56 Å². The van der Waals surface area contributed by atoms with Gasteiger partial charge in [-0.25, -0.2) is 0 Å². The van der Waals surface area contributed by atoms with Crippen molar-refractivity contribution in [3.63, 3.8) is 0 Å². The van der Waals surface area contributed by atoms with E-state index < -0.39 is 23.6 Å². The van der Waals surface area contributed by atoms with Crippen molar-refractivity contribution in [3.8, 4) is 5.75 Å². The van der Waals surface area contributed by atoms with Gasteiger partial charge in [-0.3, -0.25) is 4.79 Å². The number of ether oxygens (including phenoxy) is 1. The van der Waals surface area contributed by atoms with Crippen LogP contribution in [0.15, 0.2) is 24.3 Å². The third kappa shape index (κ3) is 6.53. The second-order valence-electron chi connectivity index (χ2n) is 4.77. The number of hydrogen-bond donors (Lipinski definition) is 2. The van der Waals surface area contributed by atoms with Crippen LogP contribution in [0.1, 0.15) is 12.5 Å². The van der Waals surface area contributed by atoms with Gasteiger partial charge < -0.3 is 15.2 Å². The normalized spacial score (nSPS) is 14.3. The molecule has 0 fully saturated rings. The molecule has 1 rings (SSSR count). The summed E-state index contributed by atoms with van der Waals surface area (Å²) in [6, 6.07) is 5.69. The largest absolute Gasteiger partial charge is 0.573 e. The van der Waals surface area contributed by atoms with Crippen molar-refractivity contribution in [1.82, 2.24) is 5.32 Å². The molecule has 0 aliphatic carbocycles. The van der Waals surface area contributed by atoms with Crippen molar-refractivity contribution in [2.45, 2.75) is 25.1 Å². The van der Waals surface area contributed by atoms with Crippen molar-refractivity contribution in [2.75, 3.05) is 13.2 Å². The molecule has 0 aliphatic rings. The predicted octanol–water partition coefficient (Wildman–Crippen LogP) is 2.48. The summed E-state index contributed by atoms with van der Waals surface area (Å²) >= 11 is 5.59. The lowest BCUT2D eigenvalue weighted by atomic mass is 9.99. The minimum absolute atomic E-state index is 0.104. The molecule has 0 aliphatic heterocycles. The van der Waals surface area contributed by atoms with Crippen LogP contribution in [-0.2, 0) is 11.2 Å². The van der Waals surface area contributed by atoms with Gasteiger partial charge in [0.25, 0.3) is 0 Å². The Labute approximate surface area is 131 Å². The molecule has 2 unspecified atom stereocenters. The standard InChI is InChI=1S/C14H17ClF3NO3/c1-9(15)13(21)19-7-10(8-20)6-11-4-2-3-5-12(11)22-14(16,17)18/h2-5,9-10,20H,6-8H2,1H3,(H,19,21). The van der Waals surface area contributed by atoms with Crippen LogP contribution in [0.3, 0.4) is 0 Å². The lowest BCUT2D eigenvalue weighted by molar-refractivity contribution is -0.274. The van der Waals surface area contributed by atoms with E-state index in [2.05, 4.69) is 10.1 Å². The first-order valence-electron chi connectivity index (χ1n) is 6.59. The van der Waals surface area contributed by atoms with Gasteiger partial charge in [0.2, 0.25) is 5.91 Å². The summed E-state index contributed by atoms with van der Waals surface area (Å²) in [5.41, 5.74) is 0.298. The number of carbonyl (C=O) groups is 1. The molecule has 8 heteroatoms. The number of amides is 1. The monoisotopic (exact) mass is 339 g/mol. The quantitative estimate of drug-likeness (QED) is 0.750. The van der Waals surface area contributed by atoms with E-state index in [9.17, 15) is 23.1 Å². The van der Waals surface area contributed by atoms with Gasteiger partial charge in [0.05, 0.1) is 0 Å². The van der Waals surface area contributed by atoms with E-state index in [1.54, 1.807) is 6.07 Å². The molecule has 2 N–H and O–H groups in total. The second kappa shape index (κ2) is 8.24. The zero-order valence-corrected chi connectivity index (χ0v) is 12.6. The fraction of sp³-hybridized carbons (Fsp3) is 0.500. The first-order valence-corrected chi connectivity index (χ1v) is 7.03. The molecule has 1 aromatic carbocycles. The summed E-state index contributed by atoms with van der Waals surface area (Å²) in [6.45, 7) is 1.31. The third-order valence-electron chi connectivity index (χ3n) is 2.89. The summed E-state index contributed by atoms with van der Waals surface area (Å²) in [4.78, 5) is 11.4. The average molecular weight is 340 g/mol. The minimum Gasteiger partial charge on any atom is -0.406 e. The molecule has 4 nitrogen and oxygen atoms in total. The zero-order valence-electron chi connectivity index (χ0n) is 11.9. The third-order valence-corrected chi connectivity index (χ3v) is 3.09. The van der Waals surface area contributed by atoms with E-state index in [-0.39, 0.29) is 25.3 Å². The number of carbonyl (C=O) groups excluding carboxylic acids is 1. The summed E-state index contributed by atoms with van der Waals surface area (Å²) in [7, 11) is 0. The Hall–Kier alpha value is -1.47. The van der Waals surface area contributed by atoms with Crippen molar-refractivity contribution in [3.05, 3.63) is 29.8 Å². The number of para-hydroxylation sites is 1. The van der Waals surface area contributed by atoms with Crippen LogP contribution in [0.5, 0.6) is 5.75 Å². The van der Waals surface area contributed by atoms with Crippen LogP contribution < -0.4 is 10.1 Å². The number of benzene rings is 1. The Balaban J connectivity index is 2.73. The molecule has 0 radical (unpaired) electrons. The molecular weight excluding hydrogens is 323 g/mol. The van der Waals surface area contributed by atoms with E-state index >= 15 is 0 Å². The first-order chi connectivity index (χ1) is 10.2. The molecule has 22 heavy (non-hydrogen) atoms. The van der Waals surface area contributed by atoms with Gasteiger partial charge in [-0.1, -0.05) is 18.2 Å². The summed E-state index contributed by atoms with van der Waals surface area (Å²) in [5, 5.41) is 11.1. The molecule has 2 atom stereocenters. The molecular formula is C14H17ClF3NO3. The number of aliphatic hydroxyl groups is 1. The smallest absolute Gasteiger partial charge is 0.406 e. The molecule has 1 aromatic rings. The number of aliphatic hydroxyl groups excluding tert-OH is 1. The highest BCUT2D eigenvalue weighted by Gasteiger charge is 2.32. The van der Waals surface area contributed by atoms with E-state index in [1.807, 2.05) is 0 Å². The van der Waals surface area contributed by atoms with E-state index in [0.717, 1.165) is 0 Å². The Morgan fingerprint density at radius 3 is 2.59 bits per heavy atom. The van der Waals surface area contributed by atoms with Gasteiger partial charge in [0, 0.05) is 19.1 Å².